The van der Waals surface area contributed by atoms with Gasteiger partial charge in [0.05, 0.1) is 38.9 Å². The summed E-state index contributed by atoms with van der Waals surface area (Å²) in [6.45, 7) is 14.7. The average molecular weight is 1070 g/mol. The van der Waals surface area contributed by atoms with Gasteiger partial charge in [0.2, 0.25) is 0 Å². The van der Waals surface area contributed by atoms with E-state index in [-0.39, 0.29) is 0 Å². The van der Waals surface area contributed by atoms with E-state index in [4.69, 9.17) is 17.7 Å². The number of hydrogen-bond acceptors (Lipinski definition) is 6. The lowest BCUT2D eigenvalue weighted by molar-refractivity contribution is 0.667. The van der Waals surface area contributed by atoms with Crippen LogP contribution >= 0.6 is 0 Å². The molecule has 0 atom stereocenters. The minimum atomic E-state index is -1.99. The maximum atomic E-state index is 6.97. The number of anilines is 6. The lowest BCUT2D eigenvalue weighted by Crippen LogP contribution is -2.41. The highest BCUT2D eigenvalue weighted by atomic mass is 28.3. The summed E-state index contributed by atoms with van der Waals surface area (Å²) in [4.78, 5) is 4.81. The monoisotopic (exact) mass is 1070 g/mol. The third kappa shape index (κ3) is 7.08. The number of benzene rings is 12. The fourth-order valence-corrected chi connectivity index (χ4v) is 17.1. The molecule has 0 aliphatic heterocycles. The van der Waals surface area contributed by atoms with Gasteiger partial charge < -0.3 is 27.5 Å². The van der Waals surface area contributed by atoms with Crippen molar-refractivity contribution in [1.29, 1.82) is 0 Å². The molecule has 4 heterocycles. The van der Waals surface area contributed by atoms with E-state index in [1.54, 1.807) is 0 Å². The van der Waals surface area contributed by atoms with Gasteiger partial charge >= 0.3 is 0 Å². The van der Waals surface area contributed by atoms with Gasteiger partial charge in [0.25, 0.3) is 0 Å². The first kappa shape index (κ1) is 46.7. The number of fused-ring (bicyclic) bond motifs is 15. The number of rotatable bonds is 8. The molecule has 0 saturated carbocycles. The second-order valence-electron chi connectivity index (χ2n) is 23.6. The van der Waals surface area contributed by atoms with Gasteiger partial charge in [-0.1, -0.05) is 161 Å². The molecule has 6 nitrogen and oxygen atoms in total. The molecule has 0 aliphatic carbocycles. The molecule has 4 aromatic heterocycles. The number of hydrogen-bond donors (Lipinski definition) is 0. The summed E-state index contributed by atoms with van der Waals surface area (Å²) in [7, 11) is -3.97. The second-order valence-corrected chi connectivity index (χ2v) is 33.6. The normalized spacial score (nSPS) is 12.6. The molecule has 0 amide bonds. The highest BCUT2D eigenvalue weighted by Gasteiger charge is 2.32. The van der Waals surface area contributed by atoms with Crippen LogP contribution in [0.4, 0.5) is 34.1 Å². The predicted octanol–water partition coefficient (Wildman–Crippen LogP) is 20.8. The Kier molecular flexibility index (Phi) is 9.97. The van der Waals surface area contributed by atoms with Crippen LogP contribution in [0.1, 0.15) is 0 Å². The van der Waals surface area contributed by atoms with Crippen molar-refractivity contribution in [2.45, 2.75) is 39.3 Å². The maximum absolute atomic E-state index is 6.97. The molecule has 0 bridgehead atoms. The zero-order valence-electron chi connectivity index (χ0n) is 45.3. The molecule has 16 aromatic rings. The molecule has 12 aromatic carbocycles. The maximum Gasteiger partial charge on any atom is 0.159 e. The summed E-state index contributed by atoms with van der Waals surface area (Å²) in [5, 5.41) is 18.6. The molecule has 0 saturated heterocycles. The first-order valence-corrected chi connectivity index (χ1v) is 34.6. The zero-order valence-corrected chi connectivity index (χ0v) is 47.3. The molecule has 384 valence electrons. The van der Waals surface area contributed by atoms with E-state index in [0.717, 1.165) is 133 Å². The van der Waals surface area contributed by atoms with Crippen LogP contribution in [0.2, 0.25) is 39.3 Å². The van der Waals surface area contributed by atoms with Crippen LogP contribution in [0.3, 0.4) is 0 Å². The van der Waals surface area contributed by atoms with Gasteiger partial charge in [0.1, 0.15) is 33.5 Å². The van der Waals surface area contributed by atoms with Crippen LogP contribution in [-0.2, 0) is 0 Å². The highest BCUT2D eigenvalue weighted by Crippen LogP contribution is 2.48. The Hall–Kier alpha value is -9.35. The fourth-order valence-electron chi connectivity index (χ4n) is 13.2. The van der Waals surface area contributed by atoms with Crippen LogP contribution in [0.25, 0.3) is 120 Å². The minimum absolute atomic E-state index is 0.818. The highest BCUT2D eigenvalue weighted by molar-refractivity contribution is 6.92. The summed E-state index contributed by atoms with van der Waals surface area (Å²) < 4.78 is 27.5. The van der Waals surface area contributed by atoms with Crippen LogP contribution in [0.15, 0.2) is 236 Å². The molecule has 80 heavy (non-hydrogen) atoms. The standard InChI is InChI=1S/C72H54N2O4Si2/c1-79(2,3)71-49-19-9-7-17-43(49)29-35-61(71)73(59-25-15-23-55-51-21-11-13-27-63(51)77-69(55)59)47-31-33-53-57-37-45-40-66-58(38-46(45)39-65(57)75-67(53)41-47)54-34-32-48(42-68(54)76-66)74(60-26-16-24-56-52-22-12-14-28-64(52)78-70(56)60)62-36-30-44-18-8-10-20-50(44)72(62)80(4,5)6/h7-42H,1-6H3. The lowest BCUT2D eigenvalue weighted by Gasteiger charge is -2.32. The Morgan fingerprint density at radius 1 is 0.250 bits per heavy atom. The molecule has 8 heteroatoms. The van der Waals surface area contributed by atoms with E-state index in [1.165, 1.54) is 31.9 Å². The molecule has 0 fully saturated rings. The van der Waals surface area contributed by atoms with Gasteiger partial charge in [-0.05, 0) is 128 Å². The largest absolute Gasteiger partial charge is 0.456 e. The Labute approximate surface area is 463 Å². The molecule has 0 N–H and O–H groups in total. The zero-order chi connectivity index (χ0) is 53.8. The van der Waals surface area contributed by atoms with E-state index in [9.17, 15) is 0 Å². The molecular formula is C72H54N2O4Si2. The average Bonchev–Trinajstić information content (AvgIpc) is 4.30. The van der Waals surface area contributed by atoms with Crippen molar-refractivity contribution in [2.24, 2.45) is 0 Å². The van der Waals surface area contributed by atoms with Crippen LogP contribution < -0.4 is 20.2 Å². The van der Waals surface area contributed by atoms with Crippen molar-refractivity contribution in [3.63, 3.8) is 0 Å². The fraction of sp³-hybridized carbons (Fsp3) is 0.0833. The molecule has 0 aliphatic rings. The molecule has 0 unspecified atom stereocenters. The summed E-state index contributed by atoms with van der Waals surface area (Å²) in [6, 6.07) is 78.7. The SMILES string of the molecule is C[Si](C)(C)c1c(N(c2ccc3c(c2)oc2cc4cc5c(cc4cc23)oc2cc(N(c3ccc4ccccc4c3[Si](C)(C)C)c3cccc4c3oc3ccccc34)ccc25)c2cccc3c2oc2ccccc23)ccc2ccccc12. The van der Waals surface area contributed by atoms with Crippen molar-refractivity contribution in [3.8, 4) is 0 Å². The number of furan rings is 4. The Morgan fingerprint density at radius 3 is 1.06 bits per heavy atom. The topological polar surface area (TPSA) is 59.0 Å². The van der Waals surface area contributed by atoms with E-state index >= 15 is 0 Å². The Balaban J connectivity index is 0.850. The molecule has 0 spiro atoms. The summed E-state index contributed by atoms with van der Waals surface area (Å²) in [6.07, 6.45) is 0. The smallest absolute Gasteiger partial charge is 0.159 e. The van der Waals surface area contributed by atoms with Gasteiger partial charge in [0, 0.05) is 66.6 Å². The molecular weight excluding hydrogens is 1010 g/mol. The van der Waals surface area contributed by atoms with E-state index in [0.29, 0.717) is 0 Å². The van der Waals surface area contributed by atoms with Gasteiger partial charge in [-0.2, -0.15) is 0 Å². The first-order chi connectivity index (χ1) is 38.9. The van der Waals surface area contributed by atoms with Crippen LogP contribution in [0.5, 0.6) is 0 Å². The quantitative estimate of drug-likeness (QED) is 0.141. The third-order valence-corrected chi connectivity index (χ3v) is 20.6. The van der Waals surface area contributed by atoms with Gasteiger partial charge in [-0.3, -0.25) is 0 Å². The van der Waals surface area contributed by atoms with Crippen molar-refractivity contribution >= 4 is 181 Å². The number of para-hydroxylation sites is 4. The van der Waals surface area contributed by atoms with Crippen LogP contribution in [0, 0.1) is 0 Å². The minimum Gasteiger partial charge on any atom is -0.456 e. The molecule has 16 rings (SSSR count). The van der Waals surface area contributed by atoms with E-state index < -0.39 is 16.1 Å². The molecule has 0 radical (unpaired) electrons. The summed E-state index contributed by atoms with van der Waals surface area (Å²) >= 11 is 0. The third-order valence-electron chi connectivity index (χ3n) is 16.5. The van der Waals surface area contributed by atoms with Gasteiger partial charge in [-0.25, -0.2) is 0 Å². The van der Waals surface area contributed by atoms with Crippen molar-refractivity contribution in [2.75, 3.05) is 9.80 Å². The Bertz CT molecular complexity index is 4930. The van der Waals surface area contributed by atoms with Gasteiger partial charge in [-0.15, -0.1) is 0 Å². The first-order valence-electron chi connectivity index (χ1n) is 27.6. The second kappa shape index (κ2) is 17.1. The predicted molar refractivity (Wildman–Crippen MR) is 343 cm³/mol. The number of nitrogens with zero attached hydrogens (tertiary/aromatic N) is 2. The summed E-state index contributed by atoms with van der Waals surface area (Å²) in [5.41, 5.74) is 13.0. The van der Waals surface area contributed by atoms with E-state index in [2.05, 4.69) is 255 Å². The van der Waals surface area contributed by atoms with Crippen molar-refractivity contribution < 1.29 is 17.7 Å². The summed E-state index contributed by atoms with van der Waals surface area (Å²) in [5.74, 6) is 0. The van der Waals surface area contributed by atoms with E-state index in [1.807, 2.05) is 12.1 Å². The Morgan fingerprint density at radius 2 is 0.625 bits per heavy atom. The van der Waals surface area contributed by atoms with Gasteiger partial charge in [0.15, 0.2) is 11.2 Å². The van der Waals surface area contributed by atoms with Crippen molar-refractivity contribution in [1.82, 2.24) is 0 Å². The lowest BCUT2D eigenvalue weighted by atomic mass is 10.0. The van der Waals surface area contributed by atoms with Crippen molar-refractivity contribution in [3.05, 3.63) is 218 Å². The van der Waals surface area contributed by atoms with Crippen LogP contribution in [-0.4, -0.2) is 16.1 Å².